The van der Waals surface area contributed by atoms with Crippen molar-refractivity contribution in [3.63, 3.8) is 0 Å². The quantitative estimate of drug-likeness (QED) is 0.506. The van der Waals surface area contributed by atoms with Crippen molar-refractivity contribution in [2.75, 3.05) is 23.5 Å². The molecule has 1 aliphatic heterocycles. The predicted molar refractivity (Wildman–Crippen MR) is 130 cm³/mol. The summed E-state index contributed by atoms with van der Waals surface area (Å²) in [5.41, 5.74) is 3.11. The molecule has 1 aromatic heterocycles. The third kappa shape index (κ3) is 4.09. The fourth-order valence-corrected chi connectivity index (χ4v) is 4.53. The molecule has 34 heavy (non-hydrogen) atoms. The minimum atomic E-state index is -0.575. The van der Waals surface area contributed by atoms with Gasteiger partial charge in [-0.3, -0.25) is 14.4 Å². The summed E-state index contributed by atoms with van der Waals surface area (Å²) in [5.74, 6) is 0.710. The number of anilines is 2. The number of halogens is 1. The smallest absolute Gasteiger partial charge is 0.419 e. The molecule has 2 aliphatic rings. The van der Waals surface area contributed by atoms with E-state index >= 15 is 0 Å². The molecular weight excluding hydrogens is 456 g/mol. The van der Waals surface area contributed by atoms with Crippen LogP contribution in [0.25, 0.3) is 11.1 Å². The van der Waals surface area contributed by atoms with Crippen molar-refractivity contribution in [3.05, 3.63) is 53.8 Å². The summed E-state index contributed by atoms with van der Waals surface area (Å²) < 4.78 is 12.8. The SMILES string of the molecule is COc1ccc(OC(=O)N2C[C@H](C)N(C(C)=O)c3ccc(-c4cnn(C5CC5)c4)cc32)c(Cl)c1. The summed E-state index contributed by atoms with van der Waals surface area (Å²) >= 11 is 6.29. The summed E-state index contributed by atoms with van der Waals surface area (Å²) in [6, 6.07) is 10.8. The first-order chi connectivity index (χ1) is 16.4. The van der Waals surface area contributed by atoms with Gasteiger partial charge in [-0.2, -0.15) is 5.10 Å². The number of ether oxygens (including phenoxy) is 2. The van der Waals surface area contributed by atoms with Crippen LogP contribution >= 0.6 is 11.6 Å². The van der Waals surface area contributed by atoms with Crippen LogP contribution in [0.4, 0.5) is 16.2 Å². The number of hydrogen-bond acceptors (Lipinski definition) is 5. The average Bonchev–Trinajstić information content (AvgIpc) is 3.55. The van der Waals surface area contributed by atoms with Gasteiger partial charge in [0.05, 0.1) is 41.8 Å². The molecule has 5 rings (SSSR count). The third-order valence-electron chi connectivity index (χ3n) is 6.17. The number of amides is 2. The molecule has 3 aromatic rings. The maximum Gasteiger partial charge on any atom is 0.419 e. The van der Waals surface area contributed by atoms with Gasteiger partial charge < -0.3 is 14.4 Å². The molecule has 1 aliphatic carbocycles. The first-order valence-corrected chi connectivity index (χ1v) is 11.5. The van der Waals surface area contributed by atoms with Crippen LogP contribution < -0.4 is 19.3 Å². The Labute approximate surface area is 202 Å². The Hall–Kier alpha value is -3.52. The monoisotopic (exact) mass is 480 g/mol. The van der Waals surface area contributed by atoms with E-state index in [2.05, 4.69) is 5.10 Å². The predicted octanol–water partition coefficient (Wildman–Crippen LogP) is 5.31. The lowest BCUT2D eigenvalue weighted by Crippen LogP contribution is -2.52. The zero-order chi connectivity index (χ0) is 24.0. The van der Waals surface area contributed by atoms with Gasteiger partial charge in [0.2, 0.25) is 5.91 Å². The number of benzene rings is 2. The van der Waals surface area contributed by atoms with E-state index in [0.29, 0.717) is 23.2 Å². The second kappa shape index (κ2) is 8.68. The Kier molecular flexibility index (Phi) is 5.69. The van der Waals surface area contributed by atoms with Gasteiger partial charge in [-0.25, -0.2) is 4.79 Å². The Bertz CT molecular complexity index is 1270. The van der Waals surface area contributed by atoms with Crippen molar-refractivity contribution >= 4 is 35.0 Å². The van der Waals surface area contributed by atoms with Gasteiger partial charge in [0, 0.05) is 31.3 Å². The molecule has 0 saturated heterocycles. The fraction of sp³-hybridized carbons (Fsp3) is 0.320. The molecule has 8 nitrogen and oxygen atoms in total. The van der Waals surface area contributed by atoms with Crippen LogP contribution in [0.3, 0.4) is 0 Å². The highest BCUT2D eigenvalue weighted by atomic mass is 35.5. The van der Waals surface area contributed by atoms with E-state index in [-0.39, 0.29) is 29.3 Å². The summed E-state index contributed by atoms with van der Waals surface area (Å²) in [4.78, 5) is 29.0. The largest absolute Gasteiger partial charge is 0.497 e. The third-order valence-corrected chi connectivity index (χ3v) is 6.46. The highest BCUT2D eigenvalue weighted by Gasteiger charge is 2.35. The summed E-state index contributed by atoms with van der Waals surface area (Å²) in [5, 5.41) is 4.75. The van der Waals surface area contributed by atoms with Crippen molar-refractivity contribution < 1.29 is 19.1 Å². The molecule has 9 heteroatoms. The Morgan fingerprint density at radius 1 is 1.09 bits per heavy atom. The maximum absolute atomic E-state index is 13.3. The van der Waals surface area contributed by atoms with Crippen LogP contribution in [0.5, 0.6) is 11.5 Å². The lowest BCUT2D eigenvalue weighted by Gasteiger charge is -2.40. The zero-order valence-electron chi connectivity index (χ0n) is 19.2. The Morgan fingerprint density at radius 2 is 1.88 bits per heavy atom. The standard InChI is InChI=1S/C25H25ClN4O4/c1-15-13-28(25(32)34-24-9-7-20(33-3)11-21(24)26)23-10-17(4-8-22(23)30(15)16(2)31)18-12-27-29(14-18)19-5-6-19/h4,7-12,14-15,19H,5-6,13H2,1-3H3/t15-/m0/s1. The average molecular weight is 481 g/mol. The van der Waals surface area contributed by atoms with E-state index in [4.69, 9.17) is 21.1 Å². The van der Waals surface area contributed by atoms with E-state index in [1.54, 1.807) is 28.0 Å². The fourth-order valence-electron chi connectivity index (χ4n) is 4.32. The molecule has 1 saturated carbocycles. The van der Waals surface area contributed by atoms with E-state index in [1.165, 1.54) is 14.0 Å². The Balaban J connectivity index is 1.50. The highest BCUT2D eigenvalue weighted by molar-refractivity contribution is 6.32. The number of carbonyl (C=O) groups excluding carboxylic acids is 2. The summed E-state index contributed by atoms with van der Waals surface area (Å²) in [7, 11) is 1.54. The molecule has 2 heterocycles. The second-order valence-corrected chi connectivity index (χ2v) is 9.06. The zero-order valence-corrected chi connectivity index (χ0v) is 20.0. The van der Waals surface area contributed by atoms with E-state index in [1.807, 2.05) is 42.2 Å². The van der Waals surface area contributed by atoms with Crippen molar-refractivity contribution in [2.45, 2.75) is 38.8 Å². The van der Waals surface area contributed by atoms with E-state index in [9.17, 15) is 9.59 Å². The normalized spacial score (nSPS) is 17.4. The van der Waals surface area contributed by atoms with Crippen LogP contribution in [0.1, 0.15) is 32.7 Å². The van der Waals surface area contributed by atoms with Crippen molar-refractivity contribution in [3.8, 4) is 22.6 Å². The van der Waals surface area contributed by atoms with Gasteiger partial charge in [0.15, 0.2) is 5.75 Å². The number of methoxy groups -OCH3 is 1. The van der Waals surface area contributed by atoms with Gasteiger partial charge >= 0.3 is 6.09 Å². The number of hydrogen-bond donors (Lipinski definition) is 0. The number of fused-ring (bicyclic) bond motifs is 1. The maximum atomic E-state index is 13.3. The van der Waals surface area contributed by atoms with Gasteiger partial charge in [0.25, 0.3) is 0 Å². The van der Waals surface area contributed by atoms with E-state index < -0.39 is 6.09 Å². The van der Waals surface area contributed by atoms with Crippen LogP contribution in [-0.4, -0.2) is 41.5 Å². The van der Waals surface area contributed by atoms with Gasteiger partial charge in [-0.05, 0) is 49.6 Å². The molecule has 176 valence electrons. The number of nitrogens with zero attached hydrogens (tertiary/aromatic N) is 4. The van der Waals surface area contributed by atoms with Crippen LogP contribution in [0.15, 0.2) is 48.8 Å². The van der Waals surface area contributed by atoms with Gasteiger partial charge in [-0.15, -0.1) is 0 Å². The molecule has 2 aromatic carbocycles. The van der Waals surface area contributed by atoms with Crippen LogP contribution in [0, 0.1) is 0 Å². The summed E-state index contributed by atoms with van der Waals surface area (Å²) in [6.45, 7) is 3.71. The number of carbonyl (C=O) groups is 2. The van der Waals surface area contributed by atoms with E-state index in [0.717, 1.165) is 24.0 Å². The number of rotatable bonds is 4. The molecule has 1 fully saturated rings. The Morgan fingerprint density at radius 3 is 2.56 bits per heavy atom. The molecule has 1 atom stereocenters. The topological polar surface area (TPSA) is 76.9 Å². The first-order valence-electron chi connectivity index (χ1n) is 11.2. The molecular formula is C25H25ClN4O4. The first kappa shape index (κ1) is 22.3. The minimum absolute atomic E-state index is 0.0886. The molecule has 0 spiro atoms. The molecule has 2 amide bonds. The molecule has 0 radical (unpaired) electrons. The molecule has 0 unspecified atom stereocenters. The minimum Gasteiger partial charge on any atom is -0.497 e. The van der Waals surface area contributed by atoms with Crippen LogP contribution in [-0.2, 0) is 4.79 Å². The van der Waals surface area contributed by atoms with Crippen molar-refractivity contribution in [1.29, 1.82) is 0 Å². The van der Waals surface area contributed by atoms with Gasteiger partial charge in [-0.1, -0.05) is 17.7 Å². The lowest BCUT2D eigenvalue weighted by molar-refractivity contribution is -0.117. The second-order valence-electron chi connectivity index (χ2n) is 8.66. The lowest BCUT2D eigenvalue weighted by atomic mass is 10.0. The molecule has 0 N–H and O–H groups in total. The van der Waals surface area contributed by atoms with Gasteiger partial charge in [0.1, 0.15) is 5.75 Å². The number of aromatic nitrogens is 2. The summed E-state index contributed by atoms with van der Waals surface area (Å²) in [6.07, 6.45) is 5.56. The highest BCUT2D eigenvalue weighted by Crippen LogP contribution is 2.41. The molecule has 0 bridgehead atoms. The van der Waals surface area contributed by atoms with Crippen molar-refractivity contribution in [2.24, 2.45) is 0 Å². The van der Waals surface area contributed by atoms with Crippen LogP contribution in [0.2, 0.25) is 5.02 Å². The van der Waals surface area contributed by atoms with Crippen molar-refractivity contribution in [1.82, 2.24) is 9.78 Å².